The lowest BCUT2D eigenvalue weighted by Gasteiger charge is -2.11. The molecule has 2 aromatic carbocycles. The highest BCUT2D eigenvalue weighted by molar-refractivity contribution is 8.00. The van der Waals surface area contributed by atoms with Gasteiger partial charge in [-0.05, 0) is 36.4 Å². The van der Waals surface area contributed by atoms with Crippen molar-refractivity contribution in [3.05, 3.63) is 64.7 Å². The van der Waals surface area contributed by atoms with E-state index >= 15 is 0 Å². The lowest BCUT2D eigenvalue weighted by atomic mass is 10.2. The van der Waals surface area contributed by atoms with Gasteiger partial charge >= 0.3 is 0 Å². The molecule has 122 valence electrons. The number of amides is 1. The second-order valence-corrected chi connectivity index (χ2v) is 6.98. The highest BCUT2D eigenvalue weighted by atomic mass is 32.2. The zero-order valence-corrected chi connectivity index (χ0v) is 14.0. The first-order valence-corrected chi connectivity index (χ1v) is 8.76. The number of carbonyl (C=O) groups is 1. The van der Waals surface area contributed by atoms with Gasteiger partial charge in [0.1, 0.15) is 21.8 Å². The van der Waals surface area contributed by atoms with Gasteiger partial charge in [-0.3, -0.25) is 4.79 Å². The Morgan fingerprint density at radius 3 is 2.58 bits per heavy atom. The van der Waals surface area contributed by atoms with E-state index in [1.54, 1.807) is 41.8 Å². The van der Waals surface area contributed by atoms with Crippen LogP contribution < -0.4 is 5.73 Å². The fourth-order valence-corrected chi connectivity index (χ4v) is 4.07. The average Bonchev–Trinajstić information content (AvgIpc) is 3.04. The van der Waals surface area contributed by atoms with Gasteiger partial charge in [0.25, 0.3) is 0 Å². The molecule has 0 aliphatic heterocycles. The summed E-state index contributed by atoms with van der Waals surface area (Å²) in [4.78, 5) is 16.8. The van der Waals surface area contributed by atoms with Gasteiger partial charge in [0.15, 0.2) is 0 Å². The second kappa shape index (κ2) is 7.02. The lowest BCUT2D eigenvalue weighted by molar-refractivity contribution is -0.117. The number of benzene rings is 2. The smallest absolute Gasteiger partial charge is 0.237 e. The zero-order chi connectivity index (χ0) is 17.1. The maximum Gasteiger partial charge on any atom is 0.237 e. The van der Waals surface area contributed by atoms with Gasteiger partial charge in [0.2, 0.25) is 5.91 Å². The molecule has 7 heteroatoms. The number of thioether (sulfide) groups is 1. The topological polar surface area (TPSA) is 76.2 Å². The molecular formula is C17H13FN2O2S2. The van der Waals surface area contributed by atoms with Crippen molar-refractivity contribution in [1.29, 1.82) is 0 Å². The molecule has 24 heavy (non-hydrogen) atoms. The zero-order valence-electron chi connectivity index (χ0n) is 12.3. The summed E-state index contributed by atoms with van der Waals surface area (Å²) in [6.45, 7) is 0. The first-order valence-electron chi connectivity index (χ1n) is 7.00. The number of halogens is 1. The number of nitrogens with zero attached hydrogens (tertiary/aromatic N) is 1. The molecule has 0 saturated heterocycles. The largest absolute Gasteiger partial charge is 0.507 e. The van der Waals surface area contributed by atoms with Crippen LogP contribution in [0.2, 0.25) is 0 Å². The summed E-state index contributed by atoms with van der Waals surface area (Å²) in [6.07, 6.45) is 0. The predicted molar refractivity (Wildman–Crippen MR) is 93.4 cm³/mol. The molecule has 0 spiro atoms. The van der Waals surface area contributed by atoms with Crippen LogP contribution in [0.5, 0.6) is 5.75 Å². The highest BCUT2D eigenvalue weighted by Crippen LogP contribution is 2.41. The minimum absolute atomic E-state index is 0.0871. The highest BCUT2D eigenvalue weighted by Gasteiger charge is 2.24. The van der Waals surface area contributed by atoms with Gasteiger partial charge in [-0.1, -0.05) is 12.1 Å². The fraction of sp³-hybridized carbons (Fsp3) is 0.0588. The lowest BCUT2D eigenvalue weighted by Crippen LogP contribution is -2.18. The van der Waals surface area contributed by atoms with Crippen molar-refractivity contribution in [2.75, 3.05) is 0 Å². The SMILES string of the molecule is NC(=O)C(Sc1ccccc1O)c1nc(-c2ccc(F)cc2)cs1. The fourth-order valence-electron chi connectivity index (χ4n) is 2.08. The number of para-hydroxylation sites is 1. The number of hydrogen-bond donors (Lipinski definition) is 2. The van der Waals surface area contributed by atoms with E-state index in [9.17, 15) is 14.3 Å². The number of primary amides is 1. The maximum absolute atomic E-state index is 13.0. The minimum atomic E-state index is -0.711. The Hall–Kier alpha value is -2.38. The molecule has 3 aromatic rings. The van der Waals surface area contributed by atoms with Crippen LogP contribution in [0, 0.1) is 5.82 Å². The van der Waals surface area contributed by atoms with Crippen LogP contribution in [0.3, 0.4) is 0 Å². The number of rotatable bonds is 5. The van der Waals surface area contributed by atoms with Crippen LogP contribution in [-0.2, 0) is 4.79 Å². The molecule has 0 radical (unpaired) electrons. The number of phenolic OH excluding ortho intramolecular Hbond substituents is 1. The Labute approximate surface area is 146 Å². The molecule has 0 aliphatic carbocycles. The standard InChI is InChI=1S/C17H13FN2O2S2/c18-11-7-5-10(6-8-11)12-9-23-17(20-12)15(16(19)22)24-14-4-2-1-3-13(14)21/h1-9,15,21H,(H2,19,22). The molecule has 0 fully saturated rings. The van der Waals surface area contributed by atoms with E-state index in [-0.39, 0.29) is 11.6 Å². The molecule has 1 unspecified atom stereocenters. The van der Waals surface area contributed by atoms with Crippen molar-refractivity contribution in [2.45, 2.75) is 10.1 Å². The molecule has 1 atom stereocenters. The Morgan fingerprint density at radius 1 is 1.21 bits per heavy atom. The number of aromatic nitrogens is 1. The van der Waals surface area contributed by atoms with E-state index in [2.05, 4.69) is 4.98 Å². The van der Waals surface area contributed by atoms with E-state index < -0.39 is 11.2 Å². The molecule has 1 aromatic heterocycles. The van der Waals surface area contributed by atoms with Crippen molar-refractivity contribution in [3.8, 4) is 17.0 Å². The van der Waals surface area contributed by atoms with Crippen LogP contribution in [-0.4, -0.2) is 16.0 Å². The Kier molecular flexibility index (Phi) is 4.82. The minimum Gasteiger partial charge on any atom is -0.507 e. The molecule has 1 amide bonds. The maximum atomic E-state index is 13.0. The monoisotopic (exact) mass is 360 g/mol. The van der Waals surface area contributed by atoms with Crippen molar-refractivity contribution >= 4 is 29.0 Å². The van der Waals surface area contributed by atoms with E-state index in [0.717, 1.165) is 17.3 Å². The average molecular weight is 360 g/mol. The molecule has 1 heterocycles. The molecule has 4 nitrogen and oxygen atoms in total. The Morgan fingerprint density at radius 2 is 1.92 bits per heavy atom. The van der Waals surface area contributed by atoms with Crippen molar-refractivity contribution in [1.82, 2.24) is 4.98 Å². The molecule has 3 rings (SSSR count). The number of hydrogen-bond acceptors (Lipinski definition) is 5. The number of nitrogens with two attached hydrogens (primary N) is 1. The molecule has 3 N–H and O–H groups in total. The molecular weight excluding hydrogens is 347 g/mol. The van der Waals surface area contributed by atoms with Gasteiger partial charge in [0.05, 0.1) is 10.6 Å². The summed E-state index contributed by atoms with van der Waals surface area (Å²) in [7, 11) is 0. The third kappa shape index (κ3) is 3.58. The van der Waals surface area contributed by atoms with Crippen LogP contribution in [0.1, 0.15) is 10.3 Å². The Balaban J connectivity index is 1.89. The van der Waals surface area contributed by atoms with Gasteiger partial charge in [-0.2, -0.15) is 0 Å². The van der Waals surface area contributed by atoms with Crippen LogP contribution in [0.15, 0.2) is 58.8 Å². The van der Waals surface area contributed by atoms with Crippen molar-refractivity contribution < 1.29 is 14.3 Å². The normalized spacial score (nSPS) is 12.0. The summed E-state index contributed by atoms with van der Waals surface area (Å²) in [5.41, 5.74) is 6.92. The molecule has 0 saturated carbocycles. The summed E-state index contributed by atoms with van der Waals surface area (Å²) < 4.78 is 13.0. The summed E-state index contributed by atoms with van der Waals surface area (Å²) in [5, 5.41) is 11.5. The van der Waals surface area contributed by atoms with E-state index in [1.165, 1.54) is 23.5 Å². The van der Waals surface area contributed by atoms with E-state index in [4.69, 9.17) is 5.73 Å². The van der Waals surface area contributed by atoms with Crippen molar-refractivity contribution in [2.24, 2.45) is 5.73 Å². The second-order valence-electron chi connectivity index (χ2n) is 4.95. The summed E-state index contributed by atoms with van der Waals surface area (Å²) in [6, 6.07) is 12.7. The van der Waals surface area contributed by atoms with E-state index in [1.807, 2.05) is 0 Å². The summed E-state index contributed by atoms with van der Waals surface area (Å²) >= 11 is 2.45. The number of carbonyl (C=O) groups excluding carboxylic acids is 1. The third-order valence-corrected chi connectivity index (χ3v) is 5.60. The number of thiazole rings is 1. The number of aromatic hydroxyl groups is 1. The van der Waals surface area contributed by atoms with Crippen LogP contribution in [0.25, 0.3) is 11.3 Å². The molecule has 0 bridgehead atoms. The first-order chi connectivity index (χ1) is 11.5. The van der Waals surface area contributed by atoms with Crippen LogP contribution >= 0.6 is 23.1 Å². The number of phenols is 1. The third-order valence-electron chi connectivity index (χ3n) is 3.25. The van der Waals surface area contributed by atoms with Crippen LogP contribution in [0.4, 0.5) is 4.39 Å². The van der Waals surface area contributed by atoms with Gasteiger partial charge in [0, 0.05) is 10.9 Å². The Bertz CT molecular complexity index is 865. The molecule has 0 aliphatic rings. The van der Waals surface area contributed by atoms with E-state index in [0.29, 0.717) is 15.6 Å². The quantitative estimate of drug-likeness (QED) is 0.675. The predicted octanol–water partition coefficient (Wildman–Crippen LogP) is 3.97. The first kappa shape index (κ1) is 16.5. The van der Waals surface area contributed by atoms with Gasteiger partial charge in [-0.15, -0.1) is 23.1 Å². The summed E-state index contributed by atoms with van der Waals surface area (Å²) in [5.74, 6) is -0.772. The van der Waals surface area contributed by atoms with Gasteiger partial charge in [-0.25, -0.2) is 9.37 Å². The van der Waals surface area contributed by atoms with Gasteiger partial charge < -0.3 is 10.8 Å². The van der Waals surface area contributed by atoms with Crippen molar-refractivity contribution in [3.63, 3.8) is 0 Å².